The minimum Gasteiger partial charge on any atom is -0.452 e. The van der Waals surface area contributed by atoms with Crippen molar-refractivity contribution >= 4 is 64.0 Å². The average Bonchev–Trinajstić information content (AvgIpc) is 3.08. The zero-order valence-corrected chi connectivity index (χ0v) is 20.5. The molecule has 36 heavy (non-hydrogen) atoms. The molecule has 2 aromatic carbocycles. The largest absolute Gasteiger partial charge is 0.452 e. The van der Waals surface area contributed by atoms with E-state index in [1.54, 1.807) is 6.92 Å². The number of carbonyl (C=O) groups excluding carboxylic acids is 4. The number of fused-ring (bicyclic) bond motifs is 1. The van der Waals surface area contributed by atoms with Crippen molar-refractivity contribution in [1.29, 1.82) is 0 Å². The number of ether oxygens (including phenoxy) is 1. The average molecular weight is 534 g/mol. The lowest BCUT2D eigenvalue weighted by Gasteiger charge is -2.28. The summed E-state index contributed by atoms with van der Waals surface area (Å²) in [5.74, 6) is -3.45. The number of anilines is 2. The molecule has 1 heterocycles. The van der Waals surface area contributed by atoms with Crippen LogP contribution in [0.4, 0.5) is 17.1 Å². The Labute approximate surface area is 215 Å². The van der Waals surface area contributed by atoms with Crippen LogP contribution in [-0.2, 0) is 19.1 Å². The van der Waals surface area contributed by atoms with Gasteiger partial charge < -0.3 is 10.1 Å². The van der Waals surface area contributed by atoms with Crippen LogP contribution in [0.3, 0.4) is 0 Å². The second-order valence-electron chi connectivity index (χ2n) is 8.66. The fourth-order valence-corrected chi connectivity index (χ4v) is 5.01. The fourth-order valence-electron chi connectivity index (χ4n) is 4.42. The topological polar surface area (TPSA) is 136 Å². The predicted octanol–water partition coefficient (Wildman–Crippen LogP) is 3.81. The summed E-state index contributed by atoms with van der Waals surface area (Å²) in [6.45, 7) is 0.921. The molecule has 1 aliphatic carbocycles. The van der Waals surface area contributed by atoms with Crippen molar-refractivity contribution in [3.63, 3.8) is 0 Å². The smallest absolute Gasteiger partial charge is 0.338 e. The van der Waals surface area contributed by atoms with Crippen molar-refractivity contribution in [2.45, 2.75) is 30.5 Å². The first-order valence-electron chi connectivity index (χ1n) is 11.0. The third kappa shape index (κ3) is 5.05. The summed E-state index contributed by atoms with van der Waals surface area (Å²) in [5.41, 5.74) is 0.704. The fraction of sp³-hybridized carbons (Fsp3) is 0.333. The van der Waals surface area contributed by atoms with Crippen LogP contribution in [0, 0.1) is 28.9 Å². The van der Waals surface area contributed by atoms with Gasteiger partial charge >= 0.3 is 5.97 Å². The van der Waals surface area contributed by atoms with E-state index in [9.17, 15) is 29.3 Å². The van der Waals surface area contributed by atoms with Gasteiger partial charge in [-0.2, -0.15) is 0 Å². The van der Waals surface area contributed by atoms with Gasteiger partial charge in [0.1, 0.15) is 0 Å². The third-order valence-electron chi connectivity index (χ3n) is 6.28. The van der Waals surface area contributed by atoms with Gasteiger partial charge in [0, 0.05) is 17.3 Å². The van der Waals surface area contributed by atoms with Crippen molar-refractivity contribution < 1.29 is 28.8 Å². The summed E-state index contributed by atoms with van der Waals surface area (Å²) in [6.07, 6.45) is 0.588. The lowest BCUT2D eigenvalue weighted by molar-refractivity contribution is -0.385. The number of nitrogens with zero attached hydrogens (tertiary/aromatic N) is 2. The van der Waals surface area contributed by atoms with E-state index in [1.807, 2.05) is 0 Å². The number of imide groups is 1. The normalized spacial score (nSPS) is 23.2. The standard InChI is InChI=1S/C24H21Cl2N3O7/c1-12-5-6-14(8-20(12)29(34)35)27-21(30)11-36-24(33)13-3-2-4-15(7-13)28-22(31)16-9-18(25)19(26)10-17(16)23(28)32/h2-8,16-19H,9-11H2,1H3,(H,27,30)/t16-,17-,18+,19+/m1/s1. The van der Waals surface area contributed by atoms with Gasteiger partial charge in [0.05, 0.1) is 38.8 Å². The summed E-state index contributed by atoms with van der Waals surface area (Å²) < 4.78 is 5.05. The van der Waals surface area contributed by atoms with E-state index in [0.29, 0.717) is 18.4 Å². The maximum Gasteiger partial charge on any atom is 0.338 e. The van der Waals surface area contributed by atoms with Gasteiger partial charge in [-0.05, 0) is 44.0 Å². The molecule has 0 spiro atoms. The van der Waals surface area contributed by atoms with Gasteiger partial charge in [-0.15, -0.1) is 23.2 Å². The number of benzene rings is 2. The van der Waals surface area contributed by atoms with Crippen LogP contribution in [0.2, 0.25) is 0 Å². The Morgan fingerprint density at radius 1 is 1.08 bits per heavy atom. The molecule has 4 atom stereocenters. The number of hydrogen-bond donors (Lipinski definition) is 1. The highest BCUT2D eigenvalue weighted by molar-refractivity contribution is 6.31. The molecule has 1 N–H and O–H groups in total. The molecule has 2 aromatic rings. The van der Waals surface area contributed by atoms with Crippen molar-refractivity contribution in [3.05, 3.63) is 63.7 Å². The first kappa shape index (κ1) is 25.6. The Morgan fingerprint density at radius 2 is 1.72 bits per heavy atom. The van der Waals surface area contributed by atoms with Gasteiger partial charge in [-0.25, -0.2) is 4.79 Å². The first-order chi connectivity index (χ1) is 17.1. The van der Waals surface area contributed by atoms with Gasteiger partial charge in [0.2, 0.25) is 11.8 Å². The second-order valence-corrected chi connectivity index (χ2v) is 9.78. The minimum absolute atomic E-state index is 0.0344. The Hall–Kier alpha value is -3.50. The van der Waals surface area contributed by atoms with Crippen molar-refractivity contribution in [2.24, 2.45) is 11.8 Å². The highest BCUT2D eigenvalue weighted by atomic mass is 35.5. The maximum atomic E-state index is 13.0. The number of esters is 1. The number of aryl methyl sites for hydroxylation is 1. The highest BCUT2D eigenvalue weighted by Crippen LogP contribution is 2.43. The Balaban J connectivity index is 1.41. The molecule has 3 amide bonds. The monoisotopic (exact) mass is 533 g/mol. The third-order valence-corrected chi connectivity index (χ3v) is 7.37. The molecule has 2 aliphatic rings. The number of rotatable bonds is 6. The van der Waals surface area contributed by atoms with E-state index < -0.39 is 57.8 Å². The number of hydrogen-bond acceptors (Lipinski definition) is 7. The van der Waals surface area contributed by atoms with E-state index >= 15 is 0 Å². The lowest BCUT2D eigenvalue weighted by atomic mass is 9.80. The number of nitrogens with one attached hydrogen (secondary N) is 1. The molecule has 1 saturated carbocycles. The summed E-state index contributed by atoms with van der Waals surface area (Å²) in [7, 11) is 0. The maximum absolute atomic E-state index is 13.0. The van der Waals surface area contributed by atoms with E-state index in [-0.39, 0.29) is 22.6 Å². The number of alkyl halides is 2. The molecule has 2 fully saturated rings. The van der Waals surface area contributed by atoms with Gasteiger partial charge in [0.25, 0.3) is 11.6 Å². The Morgan fingerprint density at radius 3 is 2.33 bits per heavy atom. The van der Waals surface area contributed by atoms with Gasteiger partial charge in [0.15, 0.2) is 6.61 Å². The molecule has 12 heteroatoms. The van der Waals surface area contributed by atoms with E-state index in [2.05, 4.69) is 5.32 Å². The van der Waals surface area contributed by atoms with Crippen molar-refractivity contribution in [1.82, 2.24) is 0 Å². The molecule has 0 bridgehead atoms. The molecule has 0 aromatic heterocycles. The summed E-state index contributed by atoms with van der Waals surface area (Å²) in [6, 6.07) is 9.97. The zero-order chi connectivity index (χ0) is 26.1. The van der Waals surface area contributed by atoms with Crippen LogP contribution >= 0.6 is 23.2 Å². The Kier molecular flexibility index (Phi) is 7.28. The first-order valence-corrected chi connectivity index (χ1v) is 11.9. The number of nitro groups is 1. The predicted molar refractivity (Wildman–Crippen MR) is 131 cm³/mol. The molecule has 0 unspecified atom stereocenters. The van der Waals surface area contributed by atoms with Crippen LogP contribution in [0.15, 0.2) is 42.5 Å². The molecular weight excluding hydrogens is 513 g/mol. The van der Waals surface area contributed by atoms with Crippen LogP contribution in [-0.4, -0.2) is 46.0 Å². The van der Waals surface area contributed by atoms with Crippen LogP contribution in [0.1, 0.15) is 28.8 Å². The number of carbonyl (C=O) groups is 4. The van der Waals surface area contributed by atoms with Gasteiger partial charge in [-0.3, -0.25) is 29.4 Å². The SMILES string of the molecule is Cc1ccc(NC(=O)COC(=O)c2cccc(N3C(=O)[C@@H]4C[C@H](Cl)[C@@H](Cl)C[C@H]4C3=O)c2)cc1[N+](=O)[O-]. The molecular formula is C24H21Cl2N3O7. The number of nitro benzene ring substituents is 1. The molecule has 1 aliphatic heterocycles. The van der Waals surface area contributed by atoms with E-state index in [4.69, 9.17) is 27.9 Å². The molecule has 188 valence electrons. The van der Waals surface area contributed by atoms with Crippen LogP contribution in [0.5, 0.6) is 0 Å². The number of amides is 3. The van der Waals surface area contributed by atoms with Crippen molar-refractivity contribution in [2.75, 3.05) is 16.8 Å². The summed E-state index contributed by atoms with van der Waals surface area (Å²) >= 11 is 12.4. The number of halogens is 2. The van der Waals surface area contributed by atoms with Crippen molar-refractivity contribution in [3.8, 4) is 0 Å². The quantitative estimate of drug-likeness (QED) is 0.196. The molecule has 10 nitrogen and oxygen atoms in total. The second kappa shape index (κ2) is 10.2. The molecule has 4 rings (SSSR count). The lowest BCUT2D eigenvalue weighted by Crippen LogP contribution is -2.34. The highest BCUT2D eigenvalue weighted by Gasteiger charge is 2.52. The van der Waals surface area contributed by atoms with E-state index in [0.717, 1.165) is 4.90 Å². The minimum atomic E-state index is -0.847. The Bertz CT molecular complexity index is 1240. The summed E-state index contributed by atoms with van der Waals surface area (Å²) in [4.78, 5) is 62.2. The summed E-state index contributed by atoms with van der Waals surface area (Å²) in [5, 5.41) is 12.7. The molecule has 0 radical (unpaired) electrons. The van der Waals surface area contributed by atoms with Crippen LogP contribution < -0.4 is 10.2 Å². The van der Waals surface area contributed by atoms with Gasteiger partial charge in [-0.1, -0.05) is 12.1 Å². The zero-order valence-electron chi connectivity index (χ0n) is 19.0. The molecule has 1 saturated heterocycles. The van der Waals surface area contributed by atoms with E-state index in [1.165, 1.54) is 42.5 Å². The van der Waals surface area contributed by atoms with Crippen LogP contribution in [0.25, 0.3) is 0 Å².